The second-order valence-electron chi connectivity index (χ2n) is 3.50. The lowest BCUT2D eigenvalue weighted by atomic mass is 10.0. The fourth-order valence-corrected chi connectivity index (χ4v) is 2.40. The van der Waals surface area contributed by atoms with E-state index in [4.69, 9.17) is 23.2 Å². The molecule has 0 nitrogen and oxygen atoms in total. The van der Waals surface area contributed by atoms with Gasteiger partial charge in [0.15, 0.2) is 0 Å². The van der Waals surface area contributed by atoms with Crippen molar-refractivity contribution in [2.75, 3.05) is 0 Å². The molecule has 0 heterocycles. The van der Waals surface area contributed by atoms with Gasteiger partial charge in [0.2, 0.25) is 0 Å². The topological polar surface area (TPSA) is 0 Å². The summed E-state index contributed by atoms with van der Waals surface area (Å²) in [5, 5.41) is 2.96. The van der Waals surface area contributed by atoms with Crippen LogP contribution in [-0.4, -0.2) is 10.2 Å². The zero-order valence-electron chi connectivity index (χ0n) is 8.45. The third-order valence-electron chi connectivity index (χ3n) is 2.51. The van der Waals surface area contributed by atoms with Crippen LogP contribution in [-0.2, 0) is 0 Å². The summed E-state index contributed by atoms with van der Waals surface area (Å²) in [5.74, 6) is 0. The molecule has 0 saturated carbocycles. The Morgan fingerprint density at radius 3 is 2.56 bits per heavy atom. The molecule has 0 saturated heterocycles. The second-order valence-corrected chi connectivity index (χ2v) is 4.73. The van der Waals surface area contributed by atoms with Crippen molar-refractivity contribution in [3.05, 3.63) is 58.6 Å². The van der Waals surface area contributed by atoms with E-state index >= 15 is 0 Å². The molecular formula is C13H9Cl2Si. The van der Waals surface area contributed by atoms with E-state index in [2.05, 4.69) is 28.4 Å². The molecule has 79 valence electrons. The normalized spacial score (nSPS) is 14.1. The van der Waals surface area contributed by atoms with Gasteiger partial charge in [-0.3, -0.25) is 0 Å². The highest BCUT2D eigenvalue weighted by Gasteiger charge is 2.11. The Balaban J connectivity index is 2.60. The average molecular weight is 264 g/mol. The maximum absolute atomic E-state index is 6.03. The Bertz CT molecular complexity index is 529. The first-order valence-electron chi connectivity index (χ1n) is 4.88. The number of allylic oxidation sites excluding steroid dienone is 1. The quantitative estimate of drug-likeness (QED) is 0.706. The first-order valence-corrected chi connectivity index (χ1v) is 6.28. The number of hydrogen-bond acceptors (Lipinski definition) is 0. The maximum Gasteiger partial charge on any atom is 0.0409 e. The van der Waals surface area contributed by atoms with Crippen LogP contribution in [0.25, 0.3) is 10.8 Å². The SMILES string of the molecule is [Si]C(C(Cl)=CCl)c1cccc2ccccc12. The highest BCUT2D eigenvalue weighted by Crippen LogP contribution is 2.30. The summed E-state index contributed by atoms with van der Waals surface area (Å²) < 4.78 is 0. The van der Waals surface area contributed by atoms with Crippen LogP contribution in [0.15, 0.2) is 53.0 Å². The fraction of sp³-hybridized carbons (Fsp3) is 0.0769. The molecule has 0 bridgehead atoms. The van der Waals surface area contributed by atoms with E-state index in [0.29, 0.717) is 5.03 Å². The first-order chi connectivity index (χ1) is 7.74. The summed E-state index contributed by atoms with van der Waals surface area (Å²) in [4.78, 5) is 0. The van der Waals surface area contributed by atoms with Gasteiger partial charge in [-0.15, -0.1) is 0 Å². The van der Waals surface area contributed by atoms with Gasteiger partial charge < -0.3 is 0 Å². The smallest absolute Gasteiger partial charge is 0.0409 e. The lowest BCUT2D eigenvalue weighted by Gasteiger charge is -2.13. The molecule has 2 aromatic carbocycles. The molecule has 0 aliphatic heterocycles. The van der Waals surface area contributed by atoms with Crippen LogP contribution < -0.4 is 0 Å². The minimum atomic E-state index is -0.0646. The summed E-state index contributed by atoms with van der Waals surface area (Å²) in [6.45, 7) is 0. The largest absolute Gasteiger partial charge is 0.0917 e. The monoisotopic (exact) mass is 263 g/mol. The molecule has 16 heavy (non-hydrogen) atoms. The summed E-state index contributed by atoms with van der Waals surface area (Å²) >= 11 is 11.7. The van der Waals surface area contributed by atoms with Crippen LogP contribution in [0.1, 0.15) is 11.1 Å². The average Bonchev–Trinajstić information content (AvgIpc) is 2.36. The molecule has 2 rings (SSSR count). The summed E-state index contributed by atoms with van der Waals surface area (Å²) in [6.07, 6.45) is 0. The van der Waals surface area contributed by atoms with Gasteiger partial charge in [0.1, 0.15) is 0 Å². The van der Waals surface area contributed by atoms with Crippen molar-refractivity contribution in [1.29, 1.82) is 0 Å². The van der Waals surface area contributed by atoms with Crippen molar-refractivity contribution in [3.8, 4) is 0 Å². The zero-order chi connectivity index (χ0) is 11.5. The molecule has 1 unspecified atom stereocenters. The van der Waals surface area contributed by atoms with Crippen molar-refractivity contribution in [3.63, 3.8) is 0 Å². The Morgan fingerprint density at radius 2 is 1.81 bits per heavy atom. The predicted molar refractivity (Wildman–Crippen MR) is 72.2 cm³/mol. The van der Waals surface area contributed by atoms with Crippen molar-refractivity contribution in [1.82, 2.24) is 0 Å². The van der Waals surface area contributed by atoms with Crippen LogP contribution in [0.5, 0.6) is 0 Å². The van der Waals surface area contributed by atoms with Crippen molar-refractivity contribution in [2.24, 2.45) is 0 Å². The van der Waals surface area contributed by atoms with E-state index in [-0.39, 0.29) is 5.54 Å². The highest BCUT2D eigenvalue weighted by atomic mass is 35.5. The summed E-state index contributed by atoms with van der Waals surface area (Å²) in [6, 6.07) is 14.3. The Morgan fingerprint density at radius 1 is 1.12 bits per heavy atom. The minimum Gasteiger partial charge on any atom is -0.0917 e. The van der Waals surface area contributed by atoms with Gasteiger partial charge in [-0.2, -0.15) is 0 Å². The zero-order valence-corrected chi connectivity index (χ0v) is 11.0. The maximum atomic E-state index is 6.03. The van der Waals surface area contributed by atoms with E-state index in [9.17, 15) is 0 Å². The van der Waals surface area contributed by atoms with Crippen molar-refractivity contribution >= 4 is 44.2 Å². The number of benzene rings is 2. The van der Waals surface area contributed by atoms with Gasteiger partial charge in [-0.25, -0.2) is 0 Å². The van der Waals surface area contributed by atoms with E-state index in [0.717, 1.165) is 5.56 Å². The van der Waals surface area contributed by atoms with E-state index < -0.39 is 0 Å². The molecule has 2 aromatic rings. The van der Waals surface area contributed by atoms with Gasteiger partial charge >= 0.3 is 0 Å². The first kappa shape index (κ1) is 11.7. The lowest BCUT2D eigenvalue weighted by molar-refractivity contribution is 1.21. The molecule has 0 aromatic heterocycles. The molecule has 0 amide bonds. The molecule has 0 fully saturated rings. The van der Waals surface area contributed by atoms with Crippen LogP contribution >= 0.6 is 23.2 Å². The predicted octanol–water partition coefficient (Wildman–Crippen LogP) is 4.37. The van der Waals surface area contributed by atoms with Crippen LogP contribution in [0.2, 0.25) is 0 Å². The summed E-state index contributed by atoms with van der Waals surface area (Å²) in [5.41, 5.74) is 2.45. The van der Waals surface area contributed by atoms with Crippen LogP contribution in [0, 0.1) is 0 Å². The number of halogens is 2. The molecule has 0 aliphatic carbocycles. The number of hydrogen-bond donors (Lipinski definition) is 0. The van der Waals surface area contributed by atoms with Crippen LogP contribution in [0.4, 0.5) is 0 Å². The standard InChI is InChI=1S/C13H9Cl2Si/c14-8-12(15)13(16)11-7-3-5-9-4-1-2-6-10(9)11/h1-8,13H. The Kier molecular flexibility index (Phi) is 3.69. The van der Waals surface area contributed by atoms with Gasteiger partial charge in [-0.05, 0) is 16.3 Å². The van der Waals surface area contributed by atoms with Crippen LogP contribution in [0.3, 0.4) is 0 Å². The van der Waals surface area contributed by atoms with E-state index in [1.807, 2.05) is 24.3 Å². The molecule has 0 N–H and O–H groups in total. The molecule has 3 radical (unpaired) electrons. The molecule has 0 spiro atoms. The third-order valence-corrected chi connectivity index (χ3v) is 3.99. The van der Waals surface area contributed by atoms with Gasteiger partial charge in [0.05, 0.1) is 0 Å². The highest BCUT2D eigenvalue weighted by molar-refractivity contribution is 6.40. The number of rotatable bonds is 2. The fourth-order valence-electron chi connectivity index (χ4n) is 1.71. The molecule has 1 atom stereocenters. The van der Waals surface area contributed by atoms with Crippen molar-refractivity contribution in [2.45, 2.75) is 5.54 Å². The molecule has 3 heteroatoms. The Labute approximate surface area is 108 Å². The van der Waals surface area contributed by atoms with Gasteiger partial charge in [0, 0.05) is 26.4 Å². The molecular weight excluding hydrogens is 255 g/mol. The number of fused-ring (bicyclic) bond motifs is 1. The van der Waals surface area contributed by atoms with E-state index in [1.165, 1.54) is 16.3 Å². The van der Waals surface area contributed by atoms with E-state index in [1.54, 1.807) is 0 Å². The Hall–Kier alpha value is -0.763. The third kappa shape index (κ3) is 2.17. The summed E-state index contributed by atoms with van der Waals surface area (Å²) in [7, 11) is 3.60. The van der Waals surface area contributed by atoms with Crippen molar-refractivity contribution < 1.29 is 0 Å². The van der Waals surface area contributed by atoms with Gasteiger partial charge in [-0.1, -0.05) is 65.7 Å². The second kappa shape index (κ2) is 5.04. The minimum absolute atomic E-state index is 0.0646. The molecule has 0 aliphatic rings. The lowest BCUT2D eigenvalue weighted by Crippen LogP contribution is -1.98. The van der Waals surface area contributed by atoms with Gasteiger partial charge in [0.25, 0.3) is 0 Å².